The first-order chi connectivity index (χ1) is 12.5. The molecule has 6 heteroatoms. The molecule has 0 N–H and O–H groups in total. The van der Waals surface area contributed by atoms with E-state index in [1.54, 1.807) is 11.0 Å². The minimum atomic E-state index is -0.919. The van der Waals surface area contributed by atoms with Crippen LogP contribution in [0.4, 0.5) is 4.39 Å². The monoisotopic (exact) mass is 357 g/mol. The molecule has 1 aliphatic heterocycles. The van der Waals surface area contributed by atoms with Crippen LogP contribution in [0.3, 0.4) is 0 Å². The molecule has 0 saturated carbocycles. The first kappa shape index (κ1) is 17.9. The number of fused-ring (bicyclic) bond motifs is 1. The molecule has 0 bridgehead atoms. The fraction of sp³-hybridized carbons (Fsp3) is 0.300. The van der Waals surface area contributed by atoms with Crippen LogP contribution in [0.25, 0.3) is 0 Å². The summed E-state index contributed by atoms with van der Waals surface area (Å²) in [6.07, 6.45) is -0.143. The van der Waals surface area contributed by atoms with Gasteiger partial charge >= 0.3 is 5.97 Å². The molecule has 1 aliphatic rings. The lowest BCUT2D eigenvalue weighted by atomic mass is 9.99. The van der Waals surface area contributed by atoms with Crippen LogP contribution >= 0.6 is 0 Å². The van der Waals surface area contributed by atoms with E-state index in [1.165, 1.54) is 30.7 Å². The Kier molecular flexibility index (Phi) is 5.51. The average Bonchev–Trinajstić information content (AvgIpc) is 2.66. The highest BCUT2D eigenvalue weighted by Crippen LogP contribution is 2.19. The summed E-state index contributed by atoms with van der Waals surface area (Å²) in [5.74, 6) is -1.56. The summed E-state index contributed by atoms with van der Waals surface area (Å²) in [4.78, 5) is 26.1. The Balaban J connectivity index is 1.51. The number of ether oxygens (including phenoxy) is 2. The van der Waals surface area contributed by atoms with Gasteiger partial charge in [-0.05, 0) is 36.6 Å². The lowest BCUT2D eigenvalue weighted by molar-refractivity contribution is -0.161. The van der Waals surface area contributed by atoms with Crippen molar-refractivity contribution in [2.45, 2.75) is 26.0 Å². The van der Waals surface area contributed by atoms with Gasteiger partial charge in [-0.25, -0.2) is 9.18 Å². The highest BCUT2D eigenvalue weighted by Gasteiger charge is 2.27. The van der Waals surface area contributed by atoms with E-state index in [0.29, 0.717) is 13.1 Å². The lowest BCUT2D eigenvalue weighted by Crippen LogP contribution is -2.43. The molecule has 0 saturated heterocycles. The van der Waals surface area contributed by atoms with Crippen molar-refractivity contribution in [1.29, 1.82) is 0 Å². The fourth-order valence-corrected chi connectivity index (χ4v) is 2.92. The first-order valence-corrected chi connectivity index (χ1v) is 8.47. The van der Waals surface area contributed by atoms with Crippen molar-refractivity contribution in [2.75, 3.05) is 13.2 Å². The Hall–Kier alpha value is -2.89. The van der Waals surface area contributed by atoms with Gasteiger partial charge in [0.15, 0.2) is 24.3 Å². The summed E-state index contributed by atoms with van der Waals surface area (Å²) in [6.45, 7) is 2.16. The van der Waals surface area contributed by atoms with Gasteiger partial charge in [-0.1, -0.05) is 36.4 Å². The van der Waals surface area contributed by atoms with Gasteiger partial charge in [-0.2, -0.15) is 0 Å². The van der Waals surface area contributed by atoms with E-state index in [9.17, 15) is 14.0 Å². The van der Waals surface area contributed by atoms with Gasteiger partial charge in [0.05, 0.1) is 0 Å². The second-order valence-corrected chi connectivity index (χ2v) is 6.13. The topological polar surface area (TPSA) is 55.8 Å². The van der Waals surface area contributed by atoms with E-state index in [4.69, 9.17) is 9.47 Å². The molecule has 2 aromatic rings. The Labute approximate surface area is 151 Å². The van der Waals surface area contributed by atoms with Crippen LogP contribution in [-0.2, 0) is 27.3 Å². The van der Waals surface area contributed by atoms with Gasteiger partial charge in [0.1, 0.15) is 0 Å². The number of benzene rings is 2. The van der Waals surface area contributed by atoms with Crippen molar-refractivity contribution in [3.8, 4) is 5.75 Å². The van der Waals surface area contributed by atoms with Crippen LogP contribution in [0.1, 0.15) is 18.1 Å². The van der Waals surface area contributed by atoms with E-state index in [0.717, 1.165) is 12.0 Å². The molecule has 5 nitrogen and oxygen atoms in total. The number of hydrogen-bond donors (Lipinski definition) is 0. The summed E-state index contributed by atoms with van der Waals surface area (Å²) < 4.78 is 23.7. The summed E-state index contributed by atoms with van der Waals surface area (Å²) in [7, 11) is 0. The third-order valence-corrected chi connectivity index (χ3v) is 4.28. The maximum Gasteiger partial charge on any atom is 0.344 e. The molecule has 3 rings (SSSR count). The minimum Gasteiger partial charge on any atom is -0.479 e. The quantitative estimate of drug-likeness (QED) is 0.772. The molecule has 26 heavy (non-hydrogen) atoms. The number of esters is 1. The number of rotatable bonds is 5. The molecule has 1 amide bonds. The SMILES string of the molecule is C[C@@H](OC(=O)COc1ccccc1F)C(=O)N1CCc2ccccc2C1. The molecular weight excluding hydrogens is 337 g/mol. The summed E-state index contributed by atoms with van der Waals surface area (Å²) in [6, 6.07) is 13.8. The molecule has 0 aromatic heterocycles. The number of hydrogen-bond acceptors (Lipinski definition) is 4. The van der Waals surface area contributed by atoms with Crippen molar-refractivity contribution in [3.05, 3.63) is 65.5 Å². The van der Waals surface area contributed by atoms with Gasteiger partial charge in [0.2, 0.25) is 0 Å². The maximum absolute atomic E-state index is 13.5. The van der Waals surface area contributed by atoms with Crippen molar-refractivity contribution in [2.24, 2.45) is 0 Å². The number of para-hydroxylation sites is 1. The van der Waals surface area contributed by atoms with Crippen molar-refractivity contribution in [1.82, 2.24) is 4.90 Å². The largest absolute Gasteiger partial charge is 0.479 e. The van der Waals surface area contributed by atoms with E-state index in [2.05, 4.69) is 6.07 Å². The van der Waals surface area contributed by atoms with Crippen LogP contribution in [0, 0.1) is 5.82 Å². The number of carbonyl (C=O) groups is 2. The van der Waals surface area contributed by atoms with Gasteiger partial charge in [-0.3, -0.25) is 4.79 Å². The molecule has 1 atom stereocenters. The molecule has 0 fully saturated rings. The van der Waals surface area contributed by atoms with Crippen LogP contribution in [-0.4, -0.2) is 36.0 Å². The third-order valence-electron chi connectivity index (χ3n) is 4.28. The highest BCUT2D eigenvalue weighted by molar-refractivity contribution is 5.84. The van der Waals surface area contributed by atoms with Crippen LogP contribution in [0.5, 0.6) is 5.75 Å². The highest BCUT2D eigenvalue weighted by atomic mass is 19.1. The van der Waals surface area contributed by atoms with Crippen molar-refractivity contribution < 1.29 is 23.5 Å². The second-order valence-electron chi connectivity index (χ2n) is 6.13. The van der Waals surface area contributed by atoms with Crippen molar-refractivity contribution >= 4 is 11.9 Å². The van der Waals surface area contributed by atoms with Gasteiger partial charge in [0, 0.05) is 13.1 Å². The van der Waals surface area contributed by atoms with Crippen LogP contribution < -0.4 is 4.74 Å². The lowest BCUT2D eigenvalue weighted by Gasteiger charge is -2.30. The molecule has 0 unspecified atom stereocenters. The Morgan fingerprint density at radius 1 is 1.12 bits per heavy atom. The van der Waals surface area contributed by atoms with E-state index in [-0.39, 0.29) is 11.7 Å². The normalized spacial score (nSPS) is 14.3. The molecule has 0 spiro atoms. The van der Waals surface area contributed by atoms with Crippen molar-refractivity contribution in [3.63, 3.8) is 0 Å². The minimum absolute atomic E-state index is 0.0314. The van der Waals surface area contributed by atoms with E-state index in [1.807, 2.05) is 18.2 Å². The van der Waals surface area contributed by atoms with E-state index < -0.39 is 24.5 Å². The first-order valence-electron chi connectivity index (χ1n) is 8.47. The number of amides is 1. The maximum atomic E-state index is 13.5. The zero-order valence-corrected chi connectivity index (χ0v) is 14.5. The molecule has 1 heterocycles. The molecule has 0 aliphatic carbocycles. The molecule has 2 aromatic carbocycles. The van der Waals surface area contributed by atoms with E-state index >= 15 is 0 Å². The van der Waals surface area contributed by atoms with Gasteiger partial charge in [0.25, 0.3) is 5.91 Å². The van der Waals surface area contributed by atoms with Gasteiger partial charge in [-0.15, -0.1) is 0 Å². The molecule has 0 radical (unpaired) electrons. The number of carbonyl (C=O) groups excluding carboxylic acids is 2. The zero-order valence-electron chi connectivity index (χ0n) is 14.5. The van der Waals surface area contributed by atoms with Crippen LogP contribution in [0.15, 0.2) is 48.5 Å². The summed E-state index contributed by atoms with van der Waals surface area (Å²) >= 11 is 0. The Bertz CT molecular complexity index is 808. The average molecular weight is 357 g/mol. The fourth-order valence-electron chi connectivity index (χ4n) is 2.92. The number of halogens is 1. The Morgan fingerprint density at radius 3 is 2.58 bits per heavy atom. The second kappa shape index (κ2) is 7.99. The van der Waals surface area contributed by atoms with Gasteiger partial charge < -0.3 is 14.4 Å². The standard InChI is InChI=1S/C20H20FNO4/c1-14(26-19(23)13-25-18-9-5-4-8-17(18)21)20(24)22-11-10-15-6-2-3-7-16(15)12-22/h2-9,14H,10-13H2,1H3/t14-/m1/s1. The zero-order chi connectivity index (χ0) is 18.5. The smallest absolute Gasteiger partial charge is 0.344 e. The molecule has 136 valence electrons. The summed E-state index contributed by atoms with van der Waals surface area (Å²) in [5.41, 5.74) is 2.34. The summed E-state index contributed by atoms with van der Waals surface area (Å²) in [5, 5.41) is 0. The van der Waals surface area contributed by atoms with Crippen LogP contribution in [0.2, 0.25) is 0 Å². The third kappa shape index (κ3) is 4.20. The predicted molar refractivity (Wildman–Crippen MR) is 93.0 cm³/mol. The Morgan fingerprint density at radius 2 is 1.81 bits per heavy atom. The molecular formula is C20H20FNO4. The predicted octanol–water partition coefficient (Wildman–Crippen LogP) is 2.72. The number of nitrogens with zero attached hydrogens (tertiary/aromatic N) is 1.